The molecule has 2 rings (SSSR count). The van der Waals surface area contributed by atoms with Gasteiger partial charge >= 0.3 is 5.97 Å². The van der Waals surface area contributed by atoms with Gasteiger partial charge in [0.05, 0.1) is 5.56 Å². The van der Waals surface area contributed by atoms with Crippen molar-refractivity contribution in [2.24, 2.45) is 0 Å². The van der Waals surface area contributed by atoms with Gasteiger partial charge < -0.3 is 10.4 Å². The van der Waals surface area contributed by atoms with Crippen molar-refractivity contribution in [3.05, 3.63) is 28.7 Å². The Labute approximate surface area is 99.5 Å². The topological polar surface area (TPSA) is 108 Å². The fourth-order valence-electron chi connectivity index (χ4n) is 1.24. The molecule has 0 saturated heterocycles. The number of carbonyl (C=O) groups is 2. The van der Waals surface area contributed by atoms with Gasteiger partial charge in [-0.3, -0.25) is 9.89 Å². The first-order chi connectivity index (χ1) is 8.08. The number of H-pyrrole nitrogens is 1. The number of aromatic amines is 1. The van der Waals surface area contributed by atoms with Crippen LogP contribution in [0.15, 0.2) is 12.4 Å². The first-order valence-electron chi connectivity index (χ1n) is 4.58. The van der Waals surface area contributed by atoms with E-state index >= 15 is 0 Å². The molecular formula is C9H8N4O3S. The monoisotopic (exact) mass is 252 g/mol. The quantitative estimate of drug-likeness (QED) is 0.758. The lowest BCUT2D eigenvalue weighted by molar-refractivity contribution is 0.0698. The van der Waals surface area contributed by atoms with Crippen molar-refractivity contribution in [3.63, 3.8) is 0 Å². The van der Waals surface area contributed by atoms with Crippen molar-refractivity contribution in [3.8, 4) is 0 Å². The maximum Gasteiger partial charge on any atom is 0.338 e. The van der Waals surface area contributed by atoms with Gasteiger partial charge in [0.25, 0.3) is 5.91 Å². The molecule has 0 atom stereocenters. The smallest absolute Gasteiger partial charge is 0.338 e. The van der Waals surface area contributed by atoms with Gasteiger partial charge in [0, 0.05) is 4.88 Å². The molecule has 2 aromatic heterocycles. The summed E-state index contributed by atoms with van der Waals surface area (Å²) in [4.78, 5) is 27.0. The minimum absolute atomic E-state index is 0.0346. The van der Waals surface area contributed by atoms with E-state index in [1.165, 1.54) is 23.7 Å². The zero-order valence-electron chi connectivity index (χ0n) is 8.72. The van der Waals surface area contributed by atoms with Gasteiger partial charge in [-0.05, 0) is 13.0 Å². The summed E-state index contributed by atoms with van der Waals surface area (Å²) in [7, 11) is 0. The highest BCUT2D eigenvalue weighted by atomic mass is 32.1. The molecule has 3 N–H and O–H groups in total. The summed E-state index contributed by atoms with van der Waals surface area (Å²) < 4.78 is 0. The molecule has 0 aromatic carbocycles. The number of anilines is 1. The highest BCUT2D eigenvalue weighted by molar-refractivity contribution is 7.16. The second-order valence-electron chi connectivity index (χ2n) is 3.19. The van der Waals surface area contributed by atoms with Crippen LogP contribution in [0.3, 0.4) is 0 Å². The molecular weight excluding hydrogens is 244 g/mol. The summed E-state index contributed by atoms with van der Waals surface area (Å²) in [5.74, 6) is -1.57. The van der Waals surface area contributed by atoms with Crippen LogP contribution in [-0.2, 0) is 0 Å². The minimum atomic E-state index is -1.08. The molecule has 0 radical (unpaired) electrons. The lowest BCUT2D eigenvalue weighted by Gasteiger charge is -2.00. The second-order valence-corrected chi connectivity index (χ2v) is 4.45. The standard InChI is InChI=1S/C9H8N4O3S/c1-4-2-5(9(15)16)8(17-4)12-7(14)6-10-3-11-13-6/h2-3H,1H3,(H,12,14)(H,15,16)(H,10,11,13). The van der Waals surface area contributed by atoms with Gasteiger partial charge in [-0.15, -0.1) is 11.3 Å². The lowest BCUT2D eigenvalue weighted by atomic mass is 10.3. The average molecular weight is 252 g/mol. The van der Waals surface area contributed by atoms with Crippen LogP contribution >= 0.6 is 11.3 Å². The van der Waals surface area contributed by atoms with E-state index < -0.39 is 11.9 Å². The van der Waals surface area contributed by atoms with Crippen LogP contribution in [0.1, 0.15) is 25.9 Å². The number of aryl methyl sites for hydroxylation is 1. The zero-order chi connectivity index (χ0) is 12.4. The third kappa shape index (κ3) is 2.31. The summed E-state index contributed by atoms with van der Waals surface area (Å²) in [6.45, 7) is 1.77. The average Bonchev–Trinajstić information content (AvgIpc) is 2.86. The van der Waals surface area contributed by atoms with Crippen molar-refractivity contribution >= 4 is 28.2 Å². The molecule has 1 amide bonds. The van der Waals surface area contributed by atoms with Crippen LogP contribution in [0.25, 0.3) is 0 Å². The van der Waals surface area contributed by atoms with E-state index in [0.29, 0.717) is 0 Å². The first kappa shape index (κ1) is 11.3. The number of amides is 1. The molecule has 17 heavy (non-hydrogen) atoms. The van der Waals surface area contributed by atoms with Gasteiger partial charge in [-0.25, -0.2) is 9.78 Å². The molecule has 8 heteroatoms. The number of nitrogens with zero attached hydrogens (tertiary/aromatic N) is 2. The largest absolute Gasteiger partial charge is 0.478 e. The molecule has 0 fully saturated rings. The highest BCUT2D eigenvalue weighted by Gasteiger charge is 2.17. The van der Waals surface area contributed by atoms with Crippen molar-refractivity contribution in [2.75, 3.05) is 5.32 Å². The Bertz CT molecular complexity index is 561. The number of aromatic nitrogens is 3. The number of nitrogens with one attached hydrogen (secondary N) is 2. The van der Waals surface area contributed by atoms with E-state index in [4.69, 9.17) is 5.11 Å². The second kappa shape index (κ2) is 4.34. The van der Waals surface area contributed by atoms with E-state index in [0.717, 1.165) is 4.88 Å². The van der Waals surface area contributed by atoms with Crippen molar-refractivity contribution in [1.82, 2.24) is 15.2 Å². The number of rotatable bonds is 3. The molecule has 0 aliphatic rings. The Morgan fingerprint density at radius 1 is 1.53 bits per heavy atom. The first-order valence-corrected chi connectivity index (χ1v) is 5.40. The Morgan fingerprint density at radius 3 is 2.88 bits per heavy atom. The summed E-state index contributed by atoms with van der Waals surface area (Å²) in [5.41, 5.74) is 0.0698. The third-order valence-electron chi connectivity index (χ3n) is 1.94. The number of carbonyl (C=O) groups excluding carboxylic acids is 1. The molecule has 88 valence electrons. The van der Waals surface area contributed by atoms with E-state index in [9.17, 15) is 9.59 Å². The van der Waals surface area contributed by atoms with Crippen molar-refractivity contribution in [2.45, 2.75) is 6.92 Å². The number of hydrogen-bond acceptors (Lipinski definition) is 5. The summed E-state index contributed by atoms with van der Waals surface area (Å²) in [5, 5.41) is 17.6. The predicted octanol–water partition coefficient (Wildman–Crippen LogP) is 1.13. The Morgan fingerprint density at radius 2 is 2.29 bits per heavy atom. The van der Waals surface area contributed by atoms with Crippen molar-refractivity contribution in [1.29, 1.82) is 0 Å². The number of hydrogen-bond donors (Lipinski definition) is 3. The number of carboxylic acids is 1. The van der Waals surface area contributed by atoms with E-state index in [-0.39, 0.29) is 16.4 Å². The number of aromatic carboxylic acids is 1. The van der Waals surface area contributed by atoms with Gasteiger partial charge in [0.15, 0.2) is 0 Å². The fourth-order valence-corrected chi connectivity index (χ4v) is 2.14. The van der Waals surface area contributed by atoms with E-state index in [1.807, 2.05) is 0 Å². The SMILES string of the molecule is Cc1cc(C(=O)O)c(NC(=O)c2ncn[nH]2)s1. The van der Waals surface area contributed by atoms with Crippen LogP contribution in [0, 0.1) is 6.92 Å². The Balaban J connectivity index is 2.24. The number of thiophene rings is 1. The van der Waals surface area contributed by atoms with Gasteiger partial charge in [-0.1, -0.05) is 0 Å². The molecule has 2 heterocycles. The summed E-state index contributed by atoms with van der Waals surface area (Å²) in [6, 6.07) is 1.50. The van der Waals surface area contributed by atoms with Crippen LogP contribution < -0.4 is 5.32 Å². The van der Waals surface area contributed by atoms with Crippen LogP contribution in [0.5, 0.6) is 0 Å². The normalized spacial score (nSPS) is 10.2. The fraction of sp³-hybridized carbons (Fsp3) is 0.111. The maximum absolute atomic E-state index is 11.6. The minimum Gasteiger partial charge on any atom is -0.478 e. The zero-order valence-corrected chi connectivity index (χ0v) is 9.54. The van der Waals surface area contributed by atoms with Gasteiger partial charge in [0.2, 0.25) is 5.82 Å². The molecule has 7 nitrogen and oxygen atoms in total. The molecule has 0 bridgehead atoms. The van der Waals surface area contributed by atoms with E-state index in [1.54, 1.807) is 6.92 Å². The van der Waals surface area contributed by atoms with E-state index in [2.05, 4.69) is 20.5 Å². The van der Waals surface area contributed by atoms with Crippen molar-refractivity contribution < 1.29 is 14.7 Å². The molecule has 0 aliphatic carbocycles. The molecule has 0 saturated carbocycles. The summed E-state index contributed by atoms with van der Waals surface area (Å²) >= 11 is 1.19. The van der Waals surface area contributed by atoms with Gasteiger partial charge in [0.1, 0.15) is 11.3 Å². The lowest BCUT2D eigenvalue weighted by Crippen LogP contribution is -2.14. The summed E-state index contributed by atoms with van der Waals surface area (Å²) in [6.07, 6.45) is 1.20. The van der Waals surface area contributed by atoms with Gasteiger partial charge in [-0.2, -0.15) is 5.10 Å². The Kier molecular flexibility index (Phi) is 2.88. The Hall–Kier alpha value is -2.22. The van der Waals surface area contributed by atoms with Crippen LogP contribution in [0.4, 0.5) is 5.00 Å². The molecule has 0 unspecified atom stereocenters. The predicted molar refractivity (Wildman–Crippen MR) is 60.4 cm³/mol. The number of carboxylic acid groups (broad SMARTS) is 1. The third-order valence-corrected chi connectivity index (χ3v) is 2.91. The van der Waals surface area contributed by atoms with Crippen LogP contribution in [-0.4, -0.2) is 32.2 Å². The molecule has 2 aromatic rings. The maximum atomic E-state index is 11.6. The molecule has 0 aliphatic heterocycles. The molecule has 0 spiro atoms. The highest BCUT2D eigenvalue weighted by Crippen LogP contribution is 2.27. The van der Waals surface area contributed by atoms with Crippen LogP contribution in [0.2, 0.25) is 0 Å².